The summed E-state index contributed by atoms with van der Waals surface area (Å²) >= 11 is 1.68. The van der Waals surface area contributed by atoms with Crippen LogP contribution in [0.2, 0.25) is 0 Å². The van der Waals surface area contributed by atoms with Crippen LogP contribution in [0.4, 0.5) is 30.2 Å². The zero-order chi connectivity index (χ0) is 20.9. The monoisotopic (exact) mass is 423 g/mol. The van der Waals surface area contributed by atoms with Crippen LogP contribution in [-0.4, -0.2) is 36.8 Å². The van der Waals surface area contributed by atoms with Crippen LogP contribution in [-0.2, 0) is 9.59 Å². The number of amides is 2. The van der Waals surface area contributed by atoms with E-state index in [1.165, 1.54) is 12.1 Å². The van der Waals surface area contributed by atoms with Crippen LogP contribution in [0.25, 0.3) is 0 Å². The van der Waals surface area contributed by atoms with Crippen LogP contribution in [0, 0.1) is 0 Å². The van der Waals surface area contributed by atoms with Crippen molar-refractivity contribution in [3.05, 3.63) is 48.5 Å². The van der Waals surface area contributed by atoms with Crippen molar-refractivity contribution in [3.8, 4) is 0 Å². The lowest BCUT2D eigenvalue weighted by molar-refractivity contribution is -0.122. The molecular weight excluding hydrogens is 403 g/mol. The van der Waals surface area contributed by atoms with Gasteiger partial charge >= 0.3 is 6.18 Å². The van der Waals surface area contributed by atoms with E-state index in [1.807, 2.05) is 24.3 Å². The van der Waals surface area contributed by atoms with Gasteiger partial charge < -0.3 is 15.5 Å². The standard InChI is InChI=1S/C20H20F3N3O2S/c21-20(22,23)13-24-14-5-1-2-6-15(14)25-18(27)9-10-19(28)26-11-12-29-17-8-4-3-7-16(17)26/h1-8,24H,9-13H2,(H,25,27). The van der Waals surface area contributed by atoms with Crippen molar-refractivity contribution in [3.63, 3.8) is 0 Å². The Kier molecular flexibility index (Phi) is 6.68. The first-order valence-corrected chi connectivity index (χ1v) is 10.0. The number of benzene rings is 2. The predicted molar refractivity (Wildman–Crippen MR) is 108 cm³/mol. The highest BCUT2D eigenvalue weighted by Gasteiger charge is 2.27. The summed E-state index contributed by atoms with van der Waals surface area (Å²) in [5.74, 6) is 0.198. The molecule has 3 rings (SSSR count). The largest absolute Gasteiger partial charge is 0.405 e. The van der Waals surface area contributed by atoms with Gasteiger partial charge in [-0.1, -0.05) is 24.3 Å². The average Bonchev–Trinajstić information content (AvgIpc) is 2.70. The molecule has 1 heterocycles. The molecule has 5 nitrogen and oxygen atoms in total. The number of thioether (sulfide) groups is 1. The van der Waals surface area contributed by atoms with E-state index in [2.05, 4.69) is 10.6 Å². The minimum absolute atomic E-state index is 0.0168. The molecule has 2 aromatic carbocycles. The third-order valence-electron chi connectivity index (χ3n) is 4.28. The number of halogens is 3. The third-order valence-corrected chi connectivity index (χ3v) is 5.32. The van der Waals surface area contributed by atoms with Crippen molar-refractivity contribution < 1.29 is 22.8 Å². The van der Waals surface area contributed by atoms with Crippen LogP contribution in [0.1, 0.15) is 12.8 Å². The molecule has 1 aliphatic heterocycles. The van der Waals surface area contributed by atoms with Gasteiger partial charge in [0.25, 0.3) is 0 Å². The Morgan fingerprint density at radius 1 is 1.00 bits per heavy atom. The fourth-order valence-corrected chi connectivity index (χ4v) is 3.93. The number of anilines is 3. The fourth-order valence-electron chi connectivity index (χ4n) is 2.94. The number of alkyl halides is 3. The molecule has 0 radical (unpaired) electrons. The Hall–Kier alpha value is -2.68. The molecule has 9 heteroatoms. The lowest BCUT2D eigenvalue weighted by atomic mass is 10.2. The normalized spacial score (nSPS) is 13.6. The minimum Gasteiger partial charge on any atom is -0.375 e. The number of carbonyl (C=O) groups excluding carboxylic acids is 2. The molecule has 2 amide bonds. The predicted octanol–water partition coefficient (Wildman–Crippen LogP) is 4.52. The molecule has 0 aromatic heterocycles. The molecule has 29 heavy (non-hydrogen) atoms. The summed E-state index contributed by atoms with van der Waals surface area (Å²) in [6.07, 6.45) is -4.41. The van der Waals surface area contributed by atoms with Crippen molar-refractivity contribution in [1.82, 2.24) is 0 Å². The number of hydrogen-bond acceptors (Lipinski definition) is 4. The molecule has 154 valence electrons. The van der Waals surface area contributed by atoms with Gasteiger partial charge in [-0.05, 0) is 24.3 Å². The van der Waals surface area contributed by atoms with Crippen molar-refractivity contribution in [2.75, 3.05) is 34.4 Å². The van der Waals surface area contributed by atoms with E-state index in [-0.39, 0.29) is 30.1 Å². The van der Waals surface area contributed by atoms with Gasteiger partial charge in [0.15, 0.2) is 0 Å². The van der Waals surface area contributed by atoms with E-state index >= 15 is 0 Å². The SMILES string of the molecule is O=C(CCC(=O)N1CCSc2ccccc21)Nc1ccccc1NCC(F)(F)F. The summed E-state index contributed by atoms with van der Waals surface area (Å²) < 4.78 is 37.3. The number of hydrogen-bond donors (Lipinski definition) is 2. The molecule has 2 aromatic rings. The Labute approximate surface area is 170 Å². The number of nitrogens with one attached hydrogen (secondary N) is 2. The van der Waals surface area contributed by atoms with Crippen molar-refractivity contribution in [2.24, 2.45) is 0 Å². The van der Waals surface area contributed by atoms with Crippen molar-refractivity contribution in [2.45, 2.75) is 23.9 Å². The number of nitrogens with zero attached hydrogens (tertiary/aromatic N) is 1. The van der Waals surface area contributed by atoms with E-state index in [9.17, 15) is 22.8 Å². The average molecular weight is 423 g/mol. The Bertz CT molecular complexity index is 889. The highest BCUT2D eigenvalue weighted by molar-refractivity contribution is 7.99. The summed E-state index contributed by atoms with van der Waals surface area (Å²) in [6.45, 7) is -0.628. The van der Waals surface area contributed by atoms with Gasteiger partial charge in [0.1, 0.15) is 6.54 Å². The van der Waals surface area contributed by atoms with E-state index in [0.717, 1.165) is 16.3 Å². The molecule has 0 bridgehead atoms. The van der Waals surface area contributed by atoms with Crippen molar-refractivity contribution >= 4 is 40.6 Å². The summed E-state index contributed by atoms with van der Waals surface area (Å²) in [7, 11) is 0. The number of carbonyl (C=O) groups is 2. The van der Waals surface area contributed by atoms with Crippen LogP contribution >= 0.6 is 11.8 Å². The van der Waals surface area contributed by atoms with Crippen LogP contribution in [0.3, 0.4) is 0 Å². The molecule has 0 spiro atoms. The molecule has 0 saturated carbocycles. The van der Waals surface area contributed by atoms with E-state index in [4.69, 9.17) is 0 Å². The molecule has 1 aliphatic rings. The maximum absolute atomic E-state index is 12.6. The third kappa shape index (κ3) is 5.90. The lowest BCUT2D eigenvalue weighted by Crippen LogP contribution is -2.35. The first-order chi connectivity index (χ1) is 13.8. The van der Waals surface area contributed by atoms with Gasteiger partial charge in [0.2, 0.25) is 11.8 Å². The summed E-state index contributed by atoms with van der Waals surface area (Å²) in [6, 6.07) is 13.8. The first-order valence-electron chi connectivity index (χ1n) is 9.05. The zero-order valence-electron chi connectivity index (χ0n) is 15.5. The van der Waals surface area contributed by atoms with E-state index in [1.54, 1.807) is 28.8 Å². The summed E-state index contributed by atoms with van der Waals surface area (Å²) in [5, 5.41) is 4.85. The second-order valence-corrected chi connectivity index (χ2v) is 7.56. The minimum atomic E-state index is -4.37. The highest BCUT2D eigenvalue weighted by Crippen LogP contribution is 2.34. The Morgan fingerprint density at radius 2 is 1.69 bits per heavy atom. The van der Waals surface area contributed by atoms with Gasteiger partial charge in [0.05, 0.1) is 17.1 Å². The van der Waals surface area contributed by atoms with E-state index < -0.39 is 18.6 Å². The Balaban J connectivity index is 1.57. The molecular formula is C20H20F3N3O2S. The summed E-state index contributed by atoms with van der Waals surface area (Å²) in [5.41, 5.74) is 1.26. The van der Waals surface area contributed by atoms with Crippen LogP contribution in [0.5, 0.6) is 0 Å². The highest BCUT2D eigenvalue weighted by atomic mass is 32.2. The number of rotatable bonds is 6. The molecule has 2 N–H and O–H groups in total. The molecule has 0 saturated heterocycles. The number of para-hydroxylation sites is 3. The molecule has 0 atom stereocenters. The Morgan fingerprint density at radius 3 is 2.45 bits per heavy atom. The number of fused-ring (bicyclic) bond motifs is 1. The topological polar surface area (TPSA) is 61.4 Å². The van der Waals surface area contributed by atoms with Gasteiger partial charge in [-0.2, -0.15) is 13.2 Å². The van der Waals surface area contributed by atoms with Gasteiger partial charge in [-0.15, -0.1) is 11.8 Å². The molecule has 0 unspecified atom stereocenters. The second kappa shape index (κ2) is 9.21. The maximum atomic E-state index is 12.6. The van der Waals surface area contributed by atoms with Gasteiger partial charge in [0, 0.05) is 30.0 Å². The quantitative estimate of drug-likeness (QED) is 0.717. The van der Waals surface area contributed by atoms with Crippen molar-refractivity contribution in [1.29, 1.82) is 0 Å². The van der Waals surface area contributed by atoms with E-state index in [0.29, 0.717) is 6.54 Å². The molecule has 0 aliphatic carbocycles. The first kappa shape index (κ1) is 21.0. The lowest BCUT2D eigenvalue weighted by Gasteiger charge is -2.29. The van der Waals surface area contributed by atoms with Crippen LogP contribution < -0.4 is 15.5 Å². The van der Waals surface area contributed by atoms with Crippen LogP contribution in [0.15, 0.2) is 53.4 Å². The van der Waals surface area contributed by atoms with Gasteiger partial charge in [-0.25, -0.2) is 0 Å². The zero-order valence-corrected chi connectivity index (χ0v) is 16.3. The van der Waals surface area contributed by atoms with Gasteiger partial charge in [-0.3, -0.25) is 9.59 Å². The fraction of sp³-hybridized carbons (Fsp3) is 0.300. The summed E-state index contributed by atoms with van der Waals surface area (Å²) in [4.78, 5) is 27.6. The molecule has 0 fully saturated rings. The smallest absolute Gasteiger partial charge is 0.375 e. The maximum Gasteiger partial charge on any atom is 0.405 e. The second-order valence-electron chi connectivity index (χ2n) is 6.42.